The zero-order valence-corrected chi connectivity index (χ0v) is 9.79. The minimum atomic E-state index is -0.411. The highest BCUT2D eigenvalue weighted by Gasteiger charge is 2.09. The van der Waals surface area contributed by atoms with Gasteiger partial charge in [-0.15, -0.1) is 11.3 Å². The Hall–Kier alpha value is -1.27. The predicted octanol–water partition coefficient (Wildman–Crippen LogP) is 3.48. The van der Waals surface area contributed by atoms with Gasteiger partial charge in [-0.05, 0) is 15.9 Å². The number of hydrogen-bond acceptors (Lipinski definition) is 4. The lowest BCUT2D eigenvalue weighted by Gasteiger charge is -1.95. The fourth-order valence-electron chi connectivity index (χ4n) is 1.14. The van der Waals surface area contributed by atoms with E-state index in [-0.39, 0.29) is 5.69 Å². The van der Waals surface area contributed by atoms with Gasteiger partial charge < -0.3 is 0 Å². The van der Waals surface area contributed by atoms with Crippen LogP contribution in [-0.4, -0.2) is 9.91 Å². The smallest absolute Gasteiger partial charge is 0.258 e. The highest BCUT2D eigenvalue weighted by molar-refractivity contribution is 9.10. The zero-order valence-electron chi connectivity index (χ0n) is 7.38. The molecule has 76 valence electrons. The SMILES string of the molecule is O=[N+]([O-])c1cccc(-c2nc(Br)cs2)c1. The van der Waals surface area contributed by atoms with E-state index in [4.69, 9.17) is 0 Å². The highest BCUT2D eigenvalue weighted by atomic mass is 79.9. The Balaban J connectivity index is 2.45. The summed E-state index contributed by atoms with van der Waals surface area (Å²) >= 11 is 4.68. The average Bonchev–Trinajstić information content (AvgIpc) is 2.65. The summed E-state index contributed by atoms with van der Waals surface area (Å²) in [6, 6.07) is 6.44. The molecule has 0 aliphatic carbocycles. The van der Waals surface area contributed by atoms with Crippen LogP contribution in [0.2, 0.25) is 0 Å². The van der Waals surface area contributed by atoms with Crippen LogP contribution in [0.5, 0.6) is 0 Å². The molecule has 0 amide bonds. The highest BCUT2D eigenvalue weighted by Crippen LogP contribution is 2.28. The third kappa shape index (κ3) is 2.21. The van der Waals surface area contributed by atoms with E-state index in [0.717, 1.165) is 15.2 Å². The molecule has 0 bridgehead atoms. The number of aromatic nitrogens is 1. The predicted molar refractivity (Wildman–Crippen MR) is 61.9 cm³/mol. The lowest BCUT2D eigenvalue weighted by molar-refractivity contribution is -0.384. The molecule has 0 N–H and O–H groups in total. The number of nitro groups is 1. The lowest BCUT2D eigenvalue weighted by atomic mass is 10.2. The number of nitro benzene ring substituents is 1. The molecule has 15 heavy (non-hydrogen) atoms. The molecule has 6 heteroatoms. The summed E-state index contributed by atoms with van der Waals surface area (Å²) in [6.45, 7) is 0. The Kier molecular flexibility index (Phi) is 2.79. The van der Waals surface area contributed by atoms with Crippen molar-refractivity contribution >= 4 is 33.0 Å². The van der Waals surface area contributed by atoms with Gasteiger partial charge in [0.15, 0.2) is 0 Å². The van der Waals surface area contributed by atoms with Gasteiger partial charge in [-0.25, -0.2) is 4.98 Å². The van der Waals surface area contributed by atoms with Gasteiger partial charge in [0.25, 0.3) is 5.69 Å². The molecule has 0 aliphatic heterocycles. The van der Waals surface area contributed by atoms with Gasteiger partial charge >= 0.3 is 0 Å². The number of hydrogen-bond donors (Lipinski definition) is 0. The van der Waals surface area contributed by atoms with E-state index in [2.05, 4.69) is 20.9 Å². The van der Waals surface area contributed by atoms with Crippen molar-refractivity contribution in [1.82, 2.24) is 4.98 Å². The van der Waals surface area contributed by atoms with E-state index in [1.165, 1.54) is 23.5 Å². The van der Waals surface area contributed by atoms with E-state index in [0.29, 0.717) is 0 Å². The van der Waals surface area contributed by atoms with Crippen LogP contribution in [0, 0.1) is 10.1 Å². The number of thiazole rings is 1. The number of nitrogens with zero attached hydrogens (tertiary/aromatic N) is 2. The fraction of sp³-hybridized carbons (Fsp3) is 0. The maximum Gasteiger partial charge on any atom is 0.270 e. The molecular formula is C9H5BrN2O2S. The van der Waals surface area contributed by atoms with Crippen LogP contribution in [0.3, 0.4) is 0 Å². The molecule has 0 aliphatic rings. The minimum Gasteiger partial charge on any atom is -0.258 e. The van der Waals surface area contributed by atoms with Crippen LogP contribution in [0.15, 0.2) is 34.2 Å². The largest absolute Gasteiger partial charge is 0.270 e. The molecule has 0 saturated heterocycles. The maximum atomic E-state index is 10.6. The van der Waals surface area contributed by atoms with E-state index < -0.39 is 4.92 Å². The molecule has 0 atom stereocenters. The van der Waals surface area contributed by atoms with E-state index >= 15 is 0 Å². The standard InChI is InChI=1S/C9H5BrN2O2S/c10-8-5-15-9(11-8)6-2-1-3-7(4-6)12(13)14/h1-5H. The molecule has 1 heterocycles. The first-order valence-electron chi connectivity index (χ1n) is 4.02. The Morgan fingerprint density at radius 3 is 2.87 bits per heavy atom. The van der Waals surface area contributed by atoms with Crippen molar-refractivity contribution in [2.75, 3.05) is 0 Å². The minimum absolute atomic E-state index is 0.0822. The second kappa shape index (κ2) is 4.08. The molecule has 0 unspecified atom stereocenters. The van der Waals surface area contributed by atoms with Crippen LogP contribution in [0.4, 0.5) is 5.69 Å². The second-order valence-electron chi connectivity index (χ2n) is 2.78. The number of benzene rings is 1. The summed E-state index contributed by atoms with van der Waals surface area (Å²) in [5.74, 6) is 0. The third-order valence-corrected chi connectivity index (χ3v) is 3.38. The Bertz CT molecular complexity index is 512. The molecular weight excluding hydrogens is 280 g/mol. The quantitative estimate of drug-likeness (QED) is 0.627. The van der Waals surface area contributed by atoms with E-state index in [1.54, 1.807) is 12.1 Å². The first kappa shape index (κ1) is 10.3. The van der Waals surface area contributed by atoms with Crippen molar-refractivity contribution < 1.29 is 4.92 Å². The Labute approximate surface area is 97.9 Å². The summed E-state index contributed by atoms with van der Waals surface area (Å²) in [5, 5.41) is 13.2. The van der Waals surface area contributed by atoms with Gasteiger partial charge in [0, 0.05) is 23.1 Å². The van der Waals surface area contributed by atoms with Gasteiger partial charge in [0.2, 0.25) is 0 Å². The fourth-order valence-corrected chi connectivity index (χ4v) is 2.39. The maximum absolute atomic E-state index is 10.6. The summed E-state index contributed by atoms with van der Waals surface area (Å²) in [6.07, 6.45) is 0. The molecule has 2 rings (SSSR count). The first-order valence-corrected chi connectivity index (χ1v) is 5.70. The summed E-state index contributed by atoms with van der Waals surface area (Å²) in [5.41, 5.74) is 0.846. The lowest BCUT2D eigenvalue weighted by Crippen LogP contribution is -1.87. The third-order valence-electron chi connectivity index (χ3n) is 1.78. The van der Waals surface area contributed by atoms with Crippen molar-refractivity contribution in [2.45, 2.75) is 0 Å². The van der Waals surface area contributed by atoms with Crippen molar-refractivity contribution in [3.8, 4) is 10.6 Å². The zero-order chi connectivity index (χ0) is 10.8. The van der Waals surface area contributed by atoms with E-state index in [9.17, 15) is 10.1 Å². The van der Waals surface area contributed by atoms with Crippen molar-refractivity contribution in [3.63, 3.8) is 0 Å². The van der Waals surface area contributed by atoms with Crippen LogP contribution in [-0.2, 0) is 0 Å². The topological polar surface area (TPSA) is 56.0 Å². The first-order chi connectivity index (χ1) is 7.16. The van der Waals surface area contributed by atoms with Gasteiger partial charge in [-0.2, -0.15) is 0 Å². The van der Waals surface area contributed by atoms with Crippen LogP contribution in [0.25, 0.3) is 10.6 Å². The number of rotatable bonds is 2. The second-order valence-corrected chi connectivity index (χ2v) is 4.45. The van der Waals surface area contributed by atoms with Crippen LogP contribution >= 0.6 is 27.3 Å². The van der Waals surface area contributed by atoms with Gasteiger partial charge in [0.1, 0.15) is 9.61 Å². The monoisotopic (exact) mass is 284 g/mol. The molecule has 4 nitrogen and oxygen atoms in total. The normalized spacial score (nSPS) is 10.2. The van der Waals surface area contributed by atoms with Gasteiger partial charge in [0.05, 0.1) is 4.92 Å². The summed E-state index contributed by atoms with van der Waals surface area (Å²) in [7, 11) is 0. The van der Waals surface area contributed by atoms with Gasteiger partial charge in [-0.1, -0.05) is 12.1 Å². The van der Waals surface area contributed by atoms with Crippen LogP contribution in [0.1, 0.15) is 0 Å². The number of non-ortho nitro benzene ring substituents is 1. The molecule has 0 fully saturated rings. The van der Waals surface area contributed by atoms with Crippen molar-refractivity contribution in [1.29, 1.82) is 0 Å². The molecule has 1 aromatic carbocycles. The molecule has 0 saturated carbocycles. The van der Waals surface area contributed by atoms with Gasteiger partial charge in [-0.3, -0.25) is 10.1 Å². The molecule has 2 aromatic rings. The Morgan fingerprint density at radius 2 is 2.27 bits per heavy atom. The average molecular weight is 285 g/mol. The molecule has 0 spiro atoms. The van der Waals surface area contributed by atoms with Crippen molar-refractivity contribution in [2.24, 2.45) is 0 Å². The van der Waals surface area contributed by atoms with Crippen LogP contribution < -0.4 is 0 Å². The summed E-state index contributed by atoms with van der Waals surface area (Å²) in [4.78, 5) is 14.4. The number of halogens is 1. The molecule has 1 aromatic heterocycles. The van der Waals surface area contributed by atoms with Crippen molar-refractivity contribution in [3.05, 3.63) is 44.4 Å². The van der Waals surface area contributed by atoms with E-state index in [1.807, 2.05) is 5.38 Å². The Morgan fingerprint density at radius 1 is 1.47 bits per heavy atom. The molecule has 0 radical (unpaired) electrons. The summed E-state index contributed by atoms with van der Waals surface area (Å²) < 4.78 is 0.744.